The van der Waals surface area contributed by atoms with Crippen molar-refractivity contribution in [2.24, 2.45) is 0 Å². The number of hydrogen-bond acceptors (Lipinski definition) is 2. The van der Waals surface area contributed by atoms with Gasteiger partial charge in [-0.15, -0.1) is 0 Å². The van der Waals surface area contributed by atoms with Crippen molar-refractivity contribution in [1.82, 2.24) is 0 Å². The van der Waals surface area contributed by atoms with E-state index in [0.29, 0.717) is 17.9 Å². The smallest absolute Gasteiger partial charge is 0.258 e. The number of anilines is 1. The SMILES string of the molecule is C[S@](=O)Cc1cccc(C(=O)N2CCc3cc(Br)ccc32)c1. The first-order chi connectivity index (χ1) is 10.5. The topological polar surface area (TPSA) is 37.4 Å². The van der Waals surface area contributed by atoms with Crippen molar-refractivity contribution in [1.29, 1.82) is 0 Å². The summed E-state index contributed by atoms with van der Waals surface area (Å²) in [6.07, 6.45) is 2.54. The molecule has 22 heavy (non-hydrogen) atoms. The molecule has 1 aliphatic heterocycles. The highest BCUT2D eigenvalue weighted by Gasteiger charge is 2.25. The molecule has 0 fully saturated rings. The summed E-state index contributed by atoms with van der Waals surface area (Å²) in [7, 11) is -0.909. The fourth-order valence-electron chi connectivity index (χ4n) is 2.77. The molecule has 0 aliphatic carbocycles. The van der Waals surface area contributed by atoms with Crippen LogP contribution in [0.5, 0.6) is 0 Å². The molecule has 3 nitrogen and oxygen atoms in total. The van der Waals surface area contributed by atoms with E-state index in [1.807, 2.05) is 41.3 Å². The van der Waals surface area contributed by atoms with Crippen molar-refractivity contribution in [3.63, 3.8) is 0 Å². The largest absolute Gasteiger partial charge is 0.308 e. The van der Waals surface area contributed by atoms with E-state index >= 15 is 0 Å². The maximum Gasteiger partial charge on any atom is 0.258 e. The zero-order chi connectivity index (χ0) is 15.7. The van der Waals surface area contributed by atoms with Crippen molar-refractivity contribution < 1.29 is 9.00 Å². The van der Waals surface area contributed by atoms with E-state index in [4.69, 9.17) is 0 Å². The Hall–Kier alpha value is -1.46. The molecule has 0 radical (unpaired) electrons. The second kappa shape index (κ2) is 6.34. The second-order valence-corrected chi connectivity index (χ2v) is 7.75. The molecule has 0 bridgehead atoms. The normalized spacial score (nSPS) is 14.7. The highest BCUT2D eigenvalue weighted by molar-refractivity contribution is 9.10. The predicted octanol–water partition coefficient (Wildman–Crippen LogP) is 3.53. The number of fused-ring (bicyclic) bond motifs is 1. The van der Waals surface area contributed by atoms with Gasteiger partial charge in [0.25, 0.3) is 5.91 Å². The van der Waals surface area contributed by atoms with Gasteiger partial charge in [-0.3, -0.25) is 9.00 Å². The van der Waals surface area contributed by atoms with Crippen LogP contribution >= 0.6 is 15.9 Å². The Balaban J connectivity index is 1.88. The molecular weight excluding hydrogens is 362 g/mol. The monoisotopic (exact) mass is 377 g/mol. The lowest BCUT2D eigenvalue weighted by atomic mass is 10.1. The summed E-state index contributed by atoms with van der Waals surface area (Å²) in [5, 5.41) is 0. The van der Waals surface area contributed by atoms with Crippen molar-refractivity contribution >= 4 is 38.3 Å². The second-order valence-electron chi connectivity index (χ2n) is 5.40. The lowest BCUT2D eigenvalue weighted by molar-refractivity contribution is 0.0989. The molecule has 1 amide bonds. The van der Waals surface area contributed by atoms with Crippen LogP contribution in [-0.4, -0.2) is 22.9 Å². The van der Waals surface area contributed by atoms with Gasteiger partial charge in [-0.1, -0.05) is 28.1 Å². The number of hydrogen-bond donors (Lipinski definition) is 0. The standard InChI is InChI=1S/C17H16BrNO2S/c1-22(21)11-12-3-2-4-14(9-12)17(20)19-8-7-13-10-15(18)5-6-16(13)19/h2-6,9-10H,7-8,11H2,1H3/t22-/m0/s1. The van der Waals surface area contributed by atoms with E-state index in [-0.39, 0.29) is 5.91 Å². The number of rotatable bonds is 3. The molecule has 1 atom stereocenters. The van der Waals surface area contributed by atoms with Crippen LogP contribution < -0.4 is 4.90 Å². The van der Waals surface area contributed by atoms with Crippen molar-refractivity contribution in [3.8, 4) is 0 Å². The highest BCUT2D eigenvalue weighted by Crippen LogP contribution is 2.31. The molecule has 5 heteroatoms. The van der Waals surface area contributed by atoms with Crippen molar-refractivity contribution in [2.75, 3.05) is 17.7 Å². The van der Waals surface area contributed by atoms with Gasteiger partial charge in [0, 0.05) is 45.1 Å². The Morgan fingerprint density at radius 1 is 1.27 bits per heavy atom. The number of carbonyl (C=O) groups is 1. The van der Waals surface area contributed by atoms with Gasteiger partial charge in [0.15, 0.2) is 0 Å². The molecule has 0 unspecified atom stereocenters. The minimum Gasteiger partial charge on any atom is -0.308 e. The quantitative estimate of drug-likeness (QED) is 0.820. The van der Waals surface area contributed by atoms with Gasteiger partial charge in [-0.25, -0.2) is 0 Å². The summed E-state index contributed by atoms with van der Waals surface area (Å²) < 4.78 is 12.4. The minimum absolute atomic E-state index is 0.00445. The third-order valence-corrected chi connectivity index (χ3v) is 4.96. The van der Waals surface area contributed by atoms with Crippen LogP contribution in [-0.2, 0) is 23.0 Å². The van der Waals surface area contributed by atoms with Crippen LogP contribution in [0.3, 0.4) is 0 Å². The first-order valence-electron chi connectivity index (χ1n) is 7.04. The van der Waals surface area contributed by atoms with Gasteiger partial charge in [0.1, 0.15) is 0 Å². The molecule has 0 saturated carbocycles. The summed E-state index contributed by atoms with van der Waals surface area (Å²) in [6.45, 7) is 0.703. The van der Waals surface area contributed by atoms with Crippen LogP contribution in [0.15, 0.2) is 46.9 Å². The molecule has 0 aromatic heterocycles. The zero-order valence-electron chi connectivity index (χ0n) is 12.2. The van der Waals surface area contributed by atoms with E-state index < -0.39 is 10.8 Å². The molecule has 2 aromatic carbocycles. The first kappa shape index (κ1) is 15.4. The minimum atomic E-state index is -0.909. The number of benzene rings is 2. The van der Waals surface area contributed by atoms with E-state index in [2.05, 4.69) is 22.0 Å². The Morgan fingerprint density at radius 2 is 2.09 bits per heavy atom. The maximum absolute atomic E-state index is 12.8. The molecule has 3 rings (SSSR count). The molecule has 2 aromatic rings. The number of amides is 1. The summed E-state index contributed by atoms with van der Waals surface area (Å²) in [6, 6.07) is 13.4. The van der Waals surface area contributed by atoms with Gasteiger partial charge < -0.3 is 4.90 Å². The molecule has 114 valence electrons. The van der Waals surface area contributed by atoms with Crippen molar-refractivity contribution in [2.45, 2.75) is 12.2 Å². The molecule has 1 aliphatic rings. The van der Waals surface area contributed by atoms with Crippen LogP contribution in [0.25, 0.3) is 0 Å². The summed E-state index contributed by atoms with van der Waals surface area (Å²) in [4.78, 5) is 14.6. The first-order valence-corrected chi connectivity index (χ1v) is 9.56. The van der Waals surface area contributed by atoms with Crippen molar-refractivity contribution in [3.05, 3.63) is 63.6 Å². The fraction of sp³-hybridized carbons (Fsp3) is 0.235. The van der Waals surface area contributed by atoms with Gasteiger partial charge in [0.2, 0.25) is 0 Å². The average molecular weight is 378 g/mol. The zero-order valence-corrected chi connectivity index (χ0v) is 14.6. The van der Waals surface area contributed by atoms with Gasteiger partial charge in [-0.2, -0.15) is 0 Å². The number of nitrogens with zero attached hydrogens (tertiary/aromatic N) is 1. The van der Waals surface area contributed by atoms with Crippen LogP contribution in [0, 0.1) is 0 Å². The summed E-state index contributed by atoms with van der Waals surface area (Å²) in [5.74, 6) is 0.481. The van der Waals surface area contributed by atoms with E-state index in [1.54, 1.807) is 6.26 Å². The van der Waals surface area contributed by atoms with Gasteiger partial charge in [-0.05, 0) is 47.9 Å². The average Bonchev–Trinajstić information content (AvgIpc) is 2.89. The Morgan fingerprint density at radius 3 is 2.86 bits per heavy atom. The van der Waals surface area contributed by atoms with Crippen LogP contribution in [0.2, 0.25) is 0 Å². The maximum atomic E-state index is 12.8. The number of halogens is 1. The van der Waals surface area contributed by atoms with Crippen LogP contribution in [0.1, 0.15) is 21.5 Å². The summed E-state index contributed by atoms with van der Waals surface area (Å²) in [5.41, 5.74) is 3.76. The fourth-order valence-corrected chi connectivity index (χ4v) is 3.82. The lowest BCUT2D eigenvalue weighted by Gasteiger charge is -2.18. The molecular formula is C17H16BrNO2S. The summed E-state index contributed by atoms with van der Waals surface area (Å²) >= 11 is 3.47. The van der Waals surface area contributed by atoms with Gasteiger partial charge in [0.05, 0.1) is 0 Å². The van der Waals surface area contributed by atoms with E-state index in [1.165, 1.54) is 5.56 Å². The lowest BCUT2D eigenvalue weighted by Crippen LogP contribution is -2.28. The number of carbonyl (C=O) groups excluding carboxylic acids is 1. The molecule has 1 heterocycles. The van der Waals surface area contributed by atoms with E-state index in [9.17, 15) is 9.00 Å². The Bertz CT molecular complexity index is 760. The molecule has 0 spiro atoms. The molecule has 0 N–H and O–H groups in total. The third-order valence-electron chi connectivity index (χ3n) is 3.73. The highest BCUT2D eigenvalue weighted by atomic mass is 79.9. The third kappa shape index (κ3) is 3.15. The van der Waals surface area contributed by atoms with Crippen LogP contribution in [0.4, 0.5) is 5.69 Å². The van der Waals surface area contributed by atoms with Gasteiger partial charge >= 0.3 is 0 Å². The van der Waals surface area contributed by atoms with E-state index in [0.717, 1.165) is 22.1 Å². The Labute approximate surface area is 140 Å². The predicted molar refractivity (Wildman–Crippen MR) is 93.7 cm³/mol. The molecule has 0 saturated heterocycles. The Kier molecular flexibility index (Phi) is 4.45.